The van der Waals surface area contributed by atoms with Crippen molar-refractivity contribution < 1.29 is 23.7 Å². The van der Waals surface area contributed by atoms with Crippen LogP contribution >= 0.6 is 0 Å². The average molecular weight is 316 g/mol. The van der Waals surface area contributed by atoms with Gasteiger partial charge in [0.1, 0.15) is 17.6 Å². The lowest BCUT2D eigenvalue weighted by atomic mass is 10.1. The zero-order chi connectivity index (χ0) is 16.7. The van der Waals surface area contributed by atoms with Gasteiger partial charge in [0.15, 0.2) is 0 Å². The highest BCUT2D eigenvalue weighted by Crippen LogP contribution is 2.30. The molecule has 0 bridgehead atoms. The number of aromatic nitrogens is 2. The van der Waals surface area contributed by atoms with Crippen LogP contribution in [-0.4, -0.2) is 37.3 Å². The van der Waals surface area contributed by atoms with Crippen molar-refractivity contribution in [2.24, 2.45) is 0 Å². The molecular weight excluding hydrogens is 300 g/mol. The van der Waals surface area contributed by atoms with Crippen molar-refractivity contribution in [3.05, 3.63) is 48.5 Å². The minimum atomic E-state index is -0.539. The van der Waals surface area contributed by atoms with Gasteiger partial charge in [0, 0.05) is 5.56 Å². The third-order valence-corrected chi connectivity index (χ3v) is 2.86. The fourth-order valence-corrected chi connectivity index (χ4v) is 1.83. The van der Waals surface area contributed by atoms with Crippen LogP contribution in [0.2, 0.25) is 0 Å². The van der Waals surface area contributed by atoms with Crippen molar-refractivity contribution in [1.29, 1.82) is 0 Å². The van der Waals surface area contributed by atoms with Crippen molar-refractivity contribution >= 4 is 11.5 Å². The van der Waals surface area contributed by atoms with Crippen molar-refractivity contribution in [1.82, 2.24) is 9.97 Å². The van der Waals surface area contributed by atoms with Crippen LogP contribution < -0.4 is 9.47 Å². The summed E-state index contributed by atoms with van der Waals surface area (Å²) in [6.45, 7) is 0. The summed E-state index contributed by atoms with van der Waals surface area (Å²) >= 11 is 0. The topological polar surface area (TPSA) is 79.8 Å². The molecule has 7 heteroatoms. The largest absolute Gasteiger partial charge is 0.503 e. The number of methoxy groups -OCH3 is 3. The highest BCUT2D eigenvalue weighted by atomic mass is 16.5. The Morgan fingerprint density at radius 3 is 2.52 bits per heavy atom. The Hall–Kier alpha value is -3.09. The Balaban J connectivity index is 2.40. The molecule has 0 spiro atoms. The van der Waals surface area contributed by atoms with E-state index in [2.05, 4.69) is 9.97 Å². The molecule has 23 heavy (non-hydrogen) atoms. The normalized spacial score (nSPS) is 10.8. The van der Waals surface area contributed by atoms with E-state index in [1.54, 1.807) is 24.3 Å². The van der Waals surface area contributed by atoms with E-state index in [9.17, 15) is 4.79 Å². The molecule has 1 aromatic heterocycles. The zero-order valence-electron chi connectivity index (χ0n) is 13.0. The molecule has 0 aliphatic heterocycles. The maximum Gasteiger partial charge on any atom is 0.341 e. The van der Waals surface area contributed by atoms with Crippen molar-refractivity contribution in [3.8, 4) is 17.5 Å². The van der Waals surface area contributed by atoms with Crippen LogP contribution in [-0.2, 0) is 14.3 Å². The molecular formula is C16H16N2O5. The lowest BCUT2D eigenvalue weighted by molar-refractivity contribution is -0.133. The van der Waals surface area contributed by atoms with Gasteiger partial charge in [-0.2, -0.15) is 0 Å². The van der Waals surface area contributed by atoms with Gasteiger partial charge in [0.05, 0.1) is 33.7 Å². The van der Waals surface area contributed by atoms with Gasteiger partial charge < -0.3 is 18.9 Å². The summed E-state index contributed by atoms with van der Waals surface area (Å²) in [6, 6.07) is 8.51. The molecule has 0 radical (unpaired) electrons. The van der Waals surface area contributed by atoms with Crippen LogP contribution in [0.4, 0.5) is 0 Å². The second-order valence-electron chi connectivity index (χ2n) is 4.26. The molecule has 2 rings (SSSR count). The lowest BCUT2D eigenvalue weighted by Crippen LogP contribution is -2.06. The van der Waals surface area contributed by atoms with Crippen LogP contribution in [0, 0.1) is 0 Å². The van der Waals surface area contributed by atoms with Gasteiger partial charge in [-0.3, -0.25) is 0 Å². The third-order valence-electron chi connectivity index (χ3n) is 2.86. The van der Waals surface area contributed by atoms with Crippen molar-refractivity contribution in [2.75, 3.05) is 21.3 Å². The Bertz CT molecular complexity index is 715. The molecule has 2 aromatic rings. The molecule has 0 aliphatic rings. The predicted molar refractivity (Wildman–Crippen MR) is 82.1 cm³/mol. The summed E-state index contributed by atoms with van der Waals surface area (Å²) in [7, 11) is 4.24. The average Bonchev–Trinajstić information content (AvgIpc) is 2.60. The maximum absolute atomic E-state index is 11.9. The van der Waals surface area contributed by atoms with Gasteiger partial charge in [0.2, 0.25) is 11.8 Å². The second-order valence-corrected chi connectivity index (χ2v) is 4.26. The van der Waals surface area contributed by atoms with E-state index in [-0.39, 0.29) is 11.5 Å². The SMILES string of the molecule is CO/C=C(/C(=O)OC)c1ccccc1Oc1cc(OC)ncn1. The number of ether oxygens (including phenoxy) is 4. The van der Waals surface area contributed by atoms with Crippen LogP contribution in [0.25, 0.3) is 5.57 Å². The monoisotopic (exact) mass is 316 g/mol. The molecule has 0 saturated carbocycles. The fourth-order valence-electron chi connectivity index (χ4n) is 1.83. The van der Waals surface area contributed by atoms with Gasteiger partial charge in [-0.25, -0.2) is 14.8 Å². The number of nitrogens with zero attached hydrogens (tertiary/aromatic N) is 2. The Kier molecular flexibility index (Phi) is 5.51. The number of hydrogen-bond acceptors (Lipinski definition) is 7. The van der Waals surface area contributed by atoms with Crippen LogP contribution in [0.15, 0.2) is 42.9 Å². The number of rotatable bonds is 6. The van der Waals surface area contributed by atoms with Crippen LogP contribution in [0.5, 0.6) is 17.5 Å². The Labute approximate surface area is 133 Å². The summed E-state index contributed by atoms with van der Waals surface area (Å²) in [6.07, 6.45) is 2.62. The smallest absolute Gasteiger partial charge is 0.341 e. The van der Waals surface area contributed by atoms with Gasteiger partial charge >= 0.3 is 5.97 Å². The summed E-state index contributed by atoms with van der Waals surface area (Å²) < 4.78 is 20.5. The summed E-state index contributed by atoms with van der Waals surface area (Å²) in [5.74, 6) is 0.532. The number of carbonyl (C=O) groups excluding carboxylic acids is 1. The number of carbonyl (C=O) groups is 1. The summed E-state index contributed by atoms with van der Waals surface area (Å²) in [4.78, 5) is 19.9. The maximum atomic E-state index is 11.9. The van der Waals surface area contributed by atoms with E-state index in [1.807, 2.05) is 0 Å². The molecule has 0 atom stereocenters. The molecule has 0 fully saturated rings. The third kappa shape index (κ3) is 3.97. The predicted octanol–water partition coefficient (Wildman–Crippen LogP) is 2.44. The van der Waals surface area contributed by atoms with Gasteiger partial charge in [-0.15, -0.1) is 0 Å². The Morgan fingerprint density at radius 2 is 1.83 bits per heavy atom. The molecule has 120 valence electrons. The van der Waals surface area contributed by atoms with Crippen LogP contribution in [0.3, 0.4) is 0 Å². The van der Waals surface area contributed by atoms with Crippen LogP contribution in [0.1, 0.15) is 5.56 Å². The molecule has 0 amide bonds. The van der Waals surface area contributed by atoms with E-state index in [1.165, 1.54) is 40.0 Å². The number of para-hydroxylation sites is 1. The molecule has 1 aromatic carbocycles. The fraction of sp³-hybridized carbons (Fsp3) is 0.188. The van der Waals surface area contributed by atoms with E-state index in [0.29, 0.717) is 17.2 Å². The van der Waals surface area contributed by atoms with E-state index in [0.717, 1.165) is 0 Å². The molecule has 0 saturated heterocycles. The molecule has 0 aliphatic carbocycles. The zero-order valence-corrected chi connectivity index (χ0v) is 13.0. The number of hydrogen-bond donors (Lipinski definition) is 0. The lowest BCUT2D eigenvalue weighted by Gasteiger charge is -2.12. The summed E-state index contributed by atoms with van der Waals surface area (Å²) in [5, 5.41) is 0. The first-order valence-corrected chi connectivity index (χ1v) is 6.64. The second kappa shape index (κ2) is 7.79. The van der Waals surface area contributed by atoms with Crippen molar-refractivity contribution in [3.63, 3.8) is 0 Å². The summed E-state index contributed by atoms with van der Waals surface area (Å²) in [5.41, 5.74) is 0.741. The van der Waals surface area contributed by atoms with E-state index < -0.39 is 5.97 Å². The van der Waals surface area contributed by atoms with Gasteiger partial charge in [-0.1, -0.05) is 18.2 Å². The van der Waals surface area contributed by atoms with E-state index in [4.69, 9.17) is 18.9 Å². The molecule has 0 unspecified atom stereocenters. The highest BCUT2D eigenvalue weighted by Gasteiger charge is 2.18. The first kappa shape index (κ1) is 16.3. The number of benzene rings is 1. The van der Waals surface area contributed by atoms with Gasteiger partial charge in [0.25, 0.3) is 0 Å². The minimum Gasteiger partial charge on any atom is -0.503 e. The van der Waals surface area contributed by atoms with E-state index >= 15 is 0 Å². The first-order chi connectivity index (χ1) is 11.2. The minimum absolute atomic E-state index is 0.228. The van der Waals surface area contributed by atoms with Gasteiger partial charge in [-0.05, 0) is 6.07 Å². The quantitative estimate of drug-likeness (QED) is 0.460. The van der Waals surface area contributed by atoms with Crippen molar-refractivity contribution in [2.45, 2.75) is 0 Å². The Morgan fingerprint density at radius 1 is 1.09 bits per heavy atom. The first-order valence-electron chi connectivity index (χ1n) is 6.64. The highest BCUT2D eigenvalue weighted by molar-refractivity contribution is 6.17. The molecule has 7 nitrogen and oxygen atoms in total. The number of esters is 1. The molecule has 0 N–H and O–H groups in total. The standard InChI is InChI=1S/C16H16N2O5/c1-20-9-12(16(19)22-3)11-6-4-5-7-13(11)23-15-8-14(21-2)17-10-18-15/h4-10H,1-3H3/b12-9+. The molecule has 1 heterocycles.